The number of aryl methyl sites for hydroxylation is 1. The molecule has 9 heteroatoms. The van der Waals surface area contributed by atoms with Gasteiger partial charge in [0.05, 0.1) is 10.6 Å². The number of hydrogen-bond acceptors (Lipinski definition) is 6. The van der Waals surface area contributed by atoms with Crippen molar-refractivity contribution >= 4 is 38.7 Å². The molecule has 28 heavy (non-hydrogen) atoms. The van der Waals surface area contributed by atoms with Gasteiger partial charge in [-0.3, -0.25) is 4.79 Å². The van der Waals surface area contributed by atoms with Crippen LogP contribution < -0.4 is 0 Å². The predicted octanol–water partition coefficient (Wildman–Crippen LogP) is 3.49. The fourth-order valence-corrected chi connectivity index (χ4v) is 4.74. The van der Waals surface area contributed by atoms with E-state index in [-0.39, 0.29) is 16.4 Å². The van der Waals surface area contributed by atoms with Crippen molar-refractivity contribution in [2.75, 3.05) is 19.8 Å². The average Bonchev–Trinajstić information content (AvgIpc) is 3.18. The van der Waals surface area contributed by atoms with E-state index in [9.17, 15) is 13.2 Å². The van der Waals surface area contributed by atoms with Gasteiger partial charge in [0.1, 0.15) is 5.52 Å². The Morgan fingerprint density at radius 3 is 2.57 bits per heavy atom. The second-order valence-electron chi connectivity index (χ2n) is 6.64. The summed E-state index contributed by atoms with van der Waals surface area (Å²) in [5.41, 5.74) is 3.66. The molecule has 7 nitrogen and oxygen atoms in total. The van der Waals surface area contributed by atoms with Crippen molar-refractivity contribution in [3.8, 4) is 0 Å². The highest BCUT2D eigenvalue weighted by Crippen LogP contribution is 2.27. The minimum Gasteiger partial charge on any atom is -0.431 e. The van der Waals surface area contributed by atoms with Crippen LogP contribution in [-0.2, 0) is 16.6 Å². The van der Waals surface area contributed by atoms with Gasteiger partial charge in [0.15, 0.2) is 11.4 Å². The van der Waals surface area contributed by atoms with Gasteiger partial charge in [-0.25, -0.2) is 17.7 Å². The molecule has 0 unspecified atom stereocenters. The van der Waals surface area contributed by atoms with E-state index in [0.717, 1.165) is 22.2 Å². The van der Waals surface area contributed by atoms with Crippen LogP contribution in [0.2, 0.25) is 0 Å². The first-order valence-corrected chi connectivity index (χ1v) is 11.2. The SMILES string of the molecule is CCn1c(C)cc(C(=O)CSc2nc3cc(S(=O)(=O)N(C)C)ccc3o2)c1C. The zero-order chi connectivity index (χ0) is 20.6. The monoisotopic (exact) mass is 421 g/mol. The average molecular weight is 422 g/mol. The van der Waals surface area contributed by atoms with Gasteiger partial charge in [-0.05, 0) is 45.0 Å². The third-order valence-electron chi connectivity index (χ3n) is 4.64. The largest absolute Gasteiger partial charge is 0.431 e. The van der Waals surface area contributed by atoms with Crippen molar-refractivity contribution in [3.63, 3.8) is 0 Å². The Labute approximate surface area is 168 Å². The number of hydrogen-bond donors (Lipinski definition) is 0. The van der Waals surface area contributed by atoms with Crippen LogP contribution in [0.25, 0.3) is 11.1 Å². The van der Waals surface area contributed by atoms with Gasteiger partial charge >= 0.3 is 0 Å². The topological polar surface area (TPSA) is 85.4 Å². The van der Waals surface area contributed by atoms with Crippen molar-refractivity contribution in [3.05, 3.63) is 41.2 Å². The molecule has 0 fully saturated rings. The smallest absolute Gasteiger partial charge is 0.257 e. The van der Waals surface area contributed by atoms with E-state index < -0.39 is 10.0 Å². The molecule has 0 aliphatic heterocycles. The van der Waals surface area contributed by atoms with Gasteiger partial charge in [-0.15, -0.1) is 0 Å². The standard InChI is InChI=1S/C19H23N3O4S2/c1-6-22-12(2)9-15(13(22)3)17(23)11-27-19-20-16-10-14(7-8-18(16)26-19)28(24,25)21(4)5/h7-10H,6,11H2,1-5H3. The van der Waals surface area contributed by atoms with Gasteiger partial charge in [0.25, 0.3) is 5.22 Å². The number of aromatic nitrogens is 2. The quantitative estimate of drug-likeness (QED) is 0.429. The predicted molar refractivity (Wildman–Crippen MR) is 110 cm³/mol. The Hall–Kier alpha value is -2.10. The van der Waals surface area contributed by atoms with E-state index in [4.69, 9.17) is 4.42 Å². The van der Waals surface area contributed by atoms with Crippen LogP contribution in [0, 0.1) is 13.8 Å². The Kier molecular flexibility index (Phi) is 5.69. The summed E-state index contributed by atoms with van der Waals surface area (Å²) in [6, 6.07) is 6.46. The van der Waals surface area contributed by atoms with Crippen molar-refractivity contribution < 1.29 is 17.6 Å². The lowest BCUT2D eigenvalue weighted by atomic mass is 10.2. The van der Waals surface area contributed by atoms with Crippen LogP contribution in [0.3, 0.4) is 0 Å². The Morgan fingerprint density at radius 1 is 1.25 bits per heavy atom. The van der Waals surface area contributed by atoms with Crippen molar-refractivity contribution in [2.45, 2.75) is 37.4 Å². The highest BCUT2D eigenvalue weighted by molar-refractivity contribution is 7.99. The van der Waals surface area contributed by atoms with Crippen LogP contribution in [0.15, 0.2) is 38.8 Å². The number of fused-ring (bicyclic) bond motifs is 1. The Morgan fingerprint density at radius 2 is 1.96 bits per heavy atom. The van der Waals surface area contributed by atoms with Crippen LogP contribution in [-0.4, -0.2) is 47.9 Å². The number of rotatable bonds is 7. The van der Waals surface area contributed by atoms with Gasteiger partial charge in [0.2, 0.25) is 10.0 Å². The van der Waals surface area contributed by atoms with Gasteiger partial charge in [-0.1, -0.05) is 11.8 Å². The molecule has 0 radical (unpaired) electrons. The van der Waals surface area contributed by atoms with E-state index >= 15 is 0 Å². The van der Waals surface area contributed by atoms with Gasteiger partial charge in [-0.2, -0.15) is 0 Å². The number of carbonyl (C=O) groups excluding carboxylic acids is 1. The molecular weight excluding hydrogens is 398 g/mol. The van der Waals surface area contributed by atoms with Gasteiger partial charge < -0.3 is 8.98 Å². The normalized spacial score (nSPS) is 12.2. The molecule has 0 atom stereocenters. The van der Waals surface area contributed by atoms with Crippen LogP contribution in [0.5, 0.6) is 0 Å². The fourth-order valence-electron chi connectivity index (χ4n) is 3.09. The molecule has 0 N–H and O–H groups in total. The number of nitrogens with zero attached hydrogens (tertiary/aromatic N) is 3. The summed E-state index contributed by atoms with van der Waals surface area (Å²) in [6.45, 7) is 6.80. The molecule has 3 rings (SSSR count). The minimum atomic E-state index is -3.54. The molecule has 0 saturated heterocycles. The molecule has 0 aliphatic carbocycles. The van der Waals surface area contributed by atoms with Crippen LogP contribution in [0.4, 0.5) is 0 Å². The highest BCUT2D eigenvalue weighted by atomic mass is 32.2. The Balaban J connectivity index is 1.79. The third kappa shape index (κ3) is 3.74. The zero-order valence-electron chi connectivity index (χ0n) is 16.5. The van der Waals surface area contributed by atoms with E-state index in [0.29, 0.717) is 21.9 Å². The second-order valence-corrected chi connectivity index (χ2v) is 9.72. The fraction of sp³-hybridized carbons (Fsp3) is 0.368. The summed E-state index contributed by atoms with van der Waals surface area (Å²) < 4.78 is 33.4. The lowest BCUT2D eigenvalue weighted by Gasteiger charge is -2.10. The highest BCUT2D eigenvalue weighted by Gasteiger charge is 2.20. The summed E-state index contributed by atoms with van der Waals surface area (Å²) in [5.74, 6) is 0.208. The zero-order valence-corrected chi connectivity index (χ0v) is 18.1. The van der Waals surface area contributed by atoms with E-state index in [1.54, 1.807) is 6.07 Å². The van der Waals surface area contributed by atoms with Crippen LogP contribution >= 0.6 is 11.8 Å². The third-order valence-corrected chi connectivity index (χ3v) is 7.27. The molecule has 0 spiro atoms. The molecule has 0 bridgehead atoms. The van der Waals surface area contributed by atoms with Crippen molar-refractivity contribution in [1.82, 2.24) is 13.9 Å². The van der Waals surface area contributed by atoms with Gasteiger partial charge in [0, 0.05) is 37.6 Å². The number of carbonyl (C=O) groups is 1. The number of benzene rings is 1. The first kappa shape index (κ1) is 20.6. The molecular formula is C19H23N3O4S2. The molecule has 2 aromatic heterocycles. The molecule has 1 aromatic carbocycles. The lowest BCUT2D eigenvalue weighted by Crippen LogP contribution is -2.22. The number of oxazole rings is 1. The van der Waals surface area contributed by atoms with Crippen LogP contribution in [0.1, 0.15) is 28.7 Å². The summed E-state index contributed by atoms with van der Waals surface area (Å²) in [6.07, 6.45) is 0. The first-order chi connectivity index (χ1) is 13.1. The van der Waals surface area contributed by atoms with Crippen molar-refractivity contribution in [2.24, 2.45) is 0 Å². The number of Topliss-reactive ketones (excluding diaryl/α,β-unsaturated/α-hetero) is 1. The minimum absolute atomic E-state index is 0.0101. The maximum atomic E-state index is 12.6. The summed E-state index contributed by atoms with van der Waals surface area (Å²) in [4.78, 5) is 17.1. The summed E-state index contributed by atoms with van der Waals surface area (Å²) in [7, 11) is -0.588. The maximum absolute atomic E-state index is 12.6. The maximum Gasteiger partial charge on any atom is 0.257 e. The number of ketones is 1. The van der Waals surface area contributed by atoms with Crippen molar-refractivity contribution in [1.29, 1.82) is 0 Å². The van der Waals surface area contributed by atoms with E-state index in [2.05, 4.69) is 9.55 Å². The second kappa shape index (κ2) is 7.73. The first-order valence-electron chi connectivity index (χ1n) is 8.81. The Bertz CT molecular complexity index is 1140. The molecule has 0 aliphatic rings. The lowest BCUT2D eigenvalue weighted by molar-refractivity contribution is 0.102. The molecule has 150 valence electrons. The molecule has 0 saturated carbocycles. The van der Waals surface area contributed by atoms with E-state index in [1.165, 1.54) is 38.0 Å². The molecule has 3 aromatic rings. The van der Waals surface area contributed by atoms with E-state index in [1.807, 2.05) is 26.8 Å². The molecule has 2 heterocycles. The number of sulfonamides is 1. The molecule has 0 amide bonds. The summed E-state index contributed by atoms with van der Waals surface area (Å²) >= 11 is 1.20. The summed E-state index contributed by atoms with van der Waals surface area (Å²) in [5, 5.41) is 0.340. The number of thioether (sulfide) groups is 1.